The summed E-state index contributed by atoms with van der Waals surface area (Å²) >= 11 is 0. The Morgan fingerprint density at radius 1 is 1.35 bits per heavy atom. The van der Waals surface area contributed by atoms with E-state index in [0.717, 1.165) is 18.7 Å². The van der Waals surface area contributed by atoms with Gasteiger partial charge in [-0.2, -0.15) is 0 Å². The van der Waals surface area contributed by atoms with Crippen molar-refractivity contribution in [2.75, 3.05) is 18.6 Å². The van der Waals surface area contributed by atoms with Crippen LogP contribution in [0.5, 0.6) is 5.75 Å². The molecule has 2 atom stereocenters. The highest BCUT2D eigenvalue weighted by molar-refractivity contribution is 5.60. The van der Waals surface area contributed by atoms with Crippen molar-refractivity contribution in [1.82, 2.24) is 0 Å². The molecule has 1 fully saturated rings. The first-order chi connectivity index (χ1) is 8.29. The van der Waals surface area contributed by atoms with Crippen LogP contribution in [0.25, 0.3) is 0 Å². The first kappa shape index (κ1) is 10.9. The first-order valence-corrected chi connectivity index (χ1v) is 6.49. The standard InChI is InChI=1S/C14H20N2O/c1-17-11-6-4-10-5-7-13-12(15)3-2-8-16(13)14(10)9-11/h4,6,9,12-13H,2-3,5,7-8,15H2,1H3. The van der Waals surface area contributed by atoms with Crippen LogP contribution in [0.4, 0.5) is 5.69 Å². The number of hydrogen-bond acceptors (Lipinski definition) is 3. The highest BCUT2D eigenvalue weighted by Gasteiger charge is 2.33. The quantitative estimate of drug-likeness (QED) is 0.804. The van der Waals surface area contributed by atoms with Crippen molar-refractivity contribution in [2.45, 2.75) is 37.8 Å². The lowest BCUT2D eigenvalue weighted by molar-refractivity contribution is 0.370. The Labute approximate surface area is 103 Å². The maximum atomic E-state index is 6.24. The number of piperidine rings is 1. The Bertz CT molecular complexity index is 419. The van der Waals surface area contributed by atoms with Crippen molar-refractivity contribution in [3.8, 4) is 5.75 Å². The van der Waals surface area contributed by atoms with Crippen LogP contribution in [0, 0.1) is 0 Å². The molecule has 0 aliphatic carbocycles. The number of fused-ring (bicyclic) bond motifs is 3. The number of rotatable bonds is 1. The van der Waals surface area contributed by atoms with Crippen molar-refractivity contribution in [2.24, 2.45) is 5.73 Å². The Kier molecular flexibility index (Phi) is 2.71. The topological polar surface area (TPSA) is 38.5 Å². The van der Waals surface area contributed by atoms with Crippen LogP contribution in [0.1, 0.15) is 24.8 Å². The summed E-state index contributed by atoms with van der Waals surface area (Å²) in [6.07, 6.45) is 4.71. The number of nitrogens with two attached hydrogens (primary N) is 1. The summed E-state index contributed by atoms with van der Waals surface area (Å²) in [7, 11) is 1.73. The Morgan fingerprint density at radius 3 is 3.06 bits per heavy atom. The molecule has 3 heteroatoms. The summed E-state index contributed by atoms with van der Waals surface area (Å²) in [6.45, 7) is 1.14. The zero-order chi connectivity index (χ0) is 11.8. The molecule has 0 bridgehead atoms. The normalized spacial score (nSPS) is 27.3. The molecular formula is C14H20N2O. The molecule has 0 amide bonds. The van der Waals surface area contributed by atoms with E-state index in [2.05, 4.69) is 23.1 Å². The molecule has 2 aliphatic heterocycles. The van der Waals surface area contributed by atoms with E-state index in [1.165, 1.54) is 30.5 Å². The van der Waals surface area contributed by atoms with E-state index in [9.17, 15) is 0 Å². The molecule has 17 heavy (non-hydrogen) atoms. The van der Waals surface area contributed by atoms with Crippen molar-refractivity contribution < 1.29 is 4.74 Å². The van der Waals surface area contributed by atoms with Crippen LogP contribution < -0.4 is 15.4 Å². The average molecular weight is 232 g/mol. The van der Waals surface area contributed by atoms with Crippen LogP contribution in [-0.2, 0) is 6.42 Å². The minimum Gasteiger partial charge on any atom is -0.497 e. The summed E-state index contributed by atoms with van der Waals surface area (Å²) < 4.78 is 5.33. The number of ether oxygens (including phenoxy) is 1. The fourth-order valence-electron chi connectivity index (χ4n) is 3.21. The van der Waals surface area contributed by atoms with Gasteiger partial charge in [-0.1, -0.05) is 6.07 Å². The molecule has 0 saturated carbocycles. The zero-order valence-corrected chi connectivity index (χ0v) is 10.4. The minimum absolute atomic E-state index is 0.336. The smallest absolute Gasteiger partial charge is 0.120 e. The van der Waals surface area contributed by atoms with Crippen molar-refractivity contribution >= 4 is 5.69 Å². The van der Waals surface area contributed by atoms with Gasteiger partial charge in [-0.25, -0.2) is 0 Å². The third kappa shape index (κ3) is 1.78. The van der Waals surface area contributed by atoms with E-state index in [-0.39, 0.29) is 0 Å². The number of anilines is 1. The number of hydrogen-bond donors (Lipinski definition) is 1. The molecule has 2 heterocycles. The first-order valence-electron chi connectivity index (χ1n) is 6.49. The second-order valence-corrected chi connectivity index (χ2v) is 5.10. The van der Waals surface area contributed by atoms with Gasteiger partial charge in [-0.05, 0) is 37.3 Å². The van der Waals surface area contributed by atoms with Gasteiger partial charge in [-0.3, -0.25) is 0 Å². The lowest BCUT2D eigenvalue weighted by Crippen LogP contribution is -2.54. The van der Waals surface area contributed by atoms with E-state index < -0.39 is 0 Å². The van der Waals surface area contributed by atoms with E-state index in [4.69, 9.17) is 10.5 Å². The fraction of sp³-hybridized carbons (Fsp3) is 0.571. The Balaban J connectivity index is 1.98. The molecule has 2 N–H and O–H groups in total. The molecule has 3 rings (SSSR count). The van der Waals surface area contributed by atoms with Crippen molar-refractivity contribution in [3.05, 3.63) is 23.8 Å². The maximum Gasteiger partial charge on any atom is 0.120 e. The van der Waals surface area contributed by atoms with Crippen molar-refractivity contribution in [1.29, 1.82) is 0 Å². The molecule has 3 nitrogen and oxygen atoms in total. The van der Waals surface area contributed by atoms with E-state index >= 15 is 0 Å². The maximum absolute atomic E-state index is 6.24. The molecular weight excluding hydrogens is 212 g/mol. The summed E-state index contributed by atoms with van der Waals surface area (Å²) in [6, 6.07) is 7.29. The Hall–Kier alpha value is -1.22. The van der Waals surface area contributed by atoms with Crippen LogP contribution in [0.3, 0.4) is 0 Å². The van der Waals surface area contributed by atoms with Gasteiger partial charge in [-0.15, -0.1) is 0 Å². The summed E-state index contributed by atoms with van der Waals surface area (Å²) in [5.74, 6) is 0.948. The van der Waals surface area contributed by atoms with E-state index in [0.29, 0.717) is 12.1 Å². The van der Waals surface area contributed by atoms with Crippen LogP contribution >= 0.6 is 0 Å². The fourth-order valence-corrected chi connectivity index (χ4v) is 3.21. The third-order valence-electron chi connectivity index (χ3n) is 4.14. The summed E-state index contributed by atoms with van der Waals surface area (Å²) in [5.41, 5.74) is 9.03. The highest BCUT2D eigenvalue weighted by atomic mass is 16.5. The molecule has 1 saturated heterocycles. The predicted molar refractivity (Wildman–Crippen MR) is 69.7 cm³/mol. The van der Waals surface area contributed by atoms with Gasteiger partial charge in [0.25, 0.3) is 0 Å². The van der Waals surface area contributed by atoms with E-state index in [1.807, 2.05) is 0 Å². The second kappa shape index (κ2) is 4.22. The molecule has 0 spiro atoms. The number of nitrogens with zero attached hydrogens (tertiary/aromatic N) is 1. The number of methoxy groups -OCH3 is 1. The summed E-state index contributed by atoms with van der Waals surface area (Å²) in [4.78, 5) is 2.50. The van der Waals surface area contributed by atoms with E-state index in [1.54, 1.807) is 7.11 Å². The van der Waals surface area contributed by atoms with Gasteiger partial charge >= 0.3 is 0 Å². The molecule has 92 valence electrons. The lowest BCUT2D eigenvalue weighted by atomic mass is 9.86. The second-order valence-electron chi connectivity index (χ2n) is 5.10. The van der Waals surface area contributed by atoms with Crippen LogP contribution in [0.15, 0.2) is 18.2 Å². The monoisotopic (exact) mass is 232 g/mol. The number of benzene rings is 1. The SMILES string of the molecule is COc1ccc2c(c1)N1CCCC(N)C1CC2. The zero-order valence-electron chi connectivity index (χ0n) is 10.4. The average Bonchev–Trinajstić information content (AvgIpc) is 2.38. The molecule has 0 aromatic heterocycles. The molecule has 2 unspecified atom stereocenters. The largest absolute Gasteiger partial charge is 0.497 e. The lowest BCUT2D eigenvalue weighted by Gasteiger charge is -2.45. The minimum atomic E-state index is 0.336. The molecule has 0 radical (unpaired) electrons. The highest BCUT2D eigenvalue weighted by Crippen LogP contribution is 2.36. The Morgan fingerprint density at radius 2 is 2.24 bits per heavy atom. The van der Waals surface area contributed by atoms with Crippen molar-refractivity contribution in [3.63, 3.8) is 0 Å². The molecule has 1 aromatic carbocycles. The molecule has 2 aliphatic rings. The number of aryl methyl sites for hydroxylation is 1. The van der Waals surface area contributed by atoms with Gasteiger partial charge in [0.15, 0.2) is 0 Å². The van der Waals surface area contributed by atoms with Crippen LogP contribution in [-0.4, -0.2) is 25.7 Å². The van der Waals surface area contributed by atoms with Gasteiger partial charge in [0.1, 0.15) is 5.75 Å². The summed E-state index contributed by atoms with van der Waals surface area (Å²) in [5, 5.41) is 0. The third-order valence-corrected chi connectivity index (χ3v) is 4.14. The van der Waals surface area contributed by atoms with Crippen LogP contribution in [0.2, 0.25) is 0 Å². The van der Waals surface area contributed by atoms with Gasteiger partial charge in [0.05, 0.1) is 7.11 Å². The molecule has 1 aromatic rings. The van der Waals surface area contributed by atoms with Gasteiger partial charge in [0.2, 0.25) is 0 Å². The van der Waals surface area contributed by atoms with Gasteiger partial charge in [0, 0.05) is 30.4 Å². The predicted octanol–water partition coefficient (Wildman–Crippen LogP) is 1.94. The van der Waals surface area contributed by atoms with Gasteiger partial charge < -0.3 is 15.4 Å².